The molecule has 0 heterocycles. The molecule has 0 spiro atoms. The Morgan fingerprint density at radius 3 is 2.39 bits per heavy atom. The molecule has 0 bridgehead atoms. The molecule has 0 saturated heterocycles. The highest BCUT2D eigenvalue weighted by molar-refractivity contribution is 5.86. The van der Waals surface area contributed by atoms with Gasteiger partial charge in [-0.15, -0.1) is 0 Å². The third kappa shape index (κ3) is 4.62. The number of esters is 1. The van der Waals surface area contributed by atoms with Crippen LogP contribution in [0.2, 0.25) is 0 Å². The molecular formula is C15H21NO2. The lowest BCUT2D eigenvalue weighted by atomic mass is 10.1. The van der Waals surface area contributed by atoms with Crippen LogP contribution >= 0.6 is 0 Å². The number of hydrogen-bond donors (Lipinski definition) is 0. The highest BCUT2D eigenvalue weighted by atomic mass is 16.5. The molecular weight excluding hydrogens is 226 g/mol. The molecule has 0 radical (unpaired) electrons. The van der Waals surface area contributed by atoms with Gasteiger partial charge in [0.05, 0.1) is 6.61 Å². The SMILES string of the molecule is C=C(C)C(=O)OCCCc1ccc(N(C)C)cc1. The molecule has 0 aliphatic rings. The number of ether oxygens (including phenoxy) is 1. The molecule has 0 atom stereocenters. The van der Waals surface area contributed by atoms with Crippen molar-refractivity contribution in [2.24, 2.45) is 0 Å². The number of hydrogen-bond acceptors (Lipinski definition) is 3. The number of benzene rings is 1. The predicted octanol–water partition coefficient (Wildman–Crippen LogP) is 2.80. The van der Waals surface area contributed by atoms with E-state index in [1.807, 2.05) is 14.1 Å². The third-order valence-electron chi connectivity index (χ3n) is 2.64. The van der Waals surface area contributed by atoms with E-state index in [0.717, 1.165) is 12.8 Å². The Bertz CT molecular complexity index is 407. The number of anilines is 1. The van der Waals surface area contributed by atoms with Gasteiger partial charge >= 0.3 is 5.97 Å². The largest absolute Gasteiger partial charge is 0.462 e. The van der Waals surface area contributed by atoms with E-state index in [0.29, 0.717) is 12.2 Å². The molecule has 0 unspecified atom stereocenters. The maximum atomic E-state index is 11.1. The maximum Gasteiger partial charge on any atom is 0.333 e. The molecule has 1 rings (SSSR count). The van der Waals surface area contributed by atoms with E-state index in [-0.39, 0.29) is 5.97 Å². The fourth-order valence-corrected chi connectivity index (χ4v) is 1.53. The molecule has 0 aromatic heterocycles. The zero-order chi connectivity index (χ0) is 13.5. The summed E-state index contributed by atoms with van der Waals surface area (Å²) in [4.78, 5) is 13.2. The fourth-order valence-electron chi connectivity index (χ4n) is 1.53. The van der Waals surface area contributed by atoms with Crippen molar-refractivity contribution in [2.75, 3.05) is 25.6 Å². The molecule has 18 heavy (non-hydrogen) atoms. The molecule has 3 nitrogen and oxygen atoms in total. The lowest BCUT2D eigenvalue weighted by Gasteiger charge is -2.12. The van der Waals surface area contributed by atoms with Gasteiger partial charge in [-0.1, -0.05) is 18.7 Å². The molecule has 0 saturated carbocycles. The highest BCUT2D eigenvalue weighted by Crippen LogP contribution is 2.13. The van der Waals surface area contributed by atoms with Crippen LogP contribution in [0.1, 0.15) is 18.9 Å². The number of carbonyl (C=O) groups is 1. The first-order valence-electron chi connectivity index (χ1n) is 6.09. The Balaban J connectivity index is 2.31. The van der Waals surface area contributed by atoms with Crippen LogP contribution in [0.4, 0.5) is 5.69 Å². The van der Waals surface area contributed by atoms with Crippen LogP contribution in [0.25, 0.3) is 0 Å². The first kappa shape index (κ1) is 14.3. The van der Waals surface area contributed by atoms with Crippen LogP contribution in [0, 0.1) is 0 Å². The highest BCUT2D eigenvalue weighted by Gasteiger charge is 2.02. The first-order chi connectivity index (χ1) is 8.50. The van der Waals surface area contributed by atoms with E-state index in [9.17, 15) is 4.79 Å². The first-order valence-corrected chi connectivity index (χ1v) is 6.09. The summed E-state index contributed by atoms with van der Waals surface area (Å²) >= 11 is 0. The zero-order valence-electron chi connectivity index (χ0n) is 11.4. The van der Waals surface area contributed by atoms with Crippen molar-refractivity contribution in [1.29, 1.82) is 0 Å². The van der Waals surface area contributed by atoms with E-state index < -0.39 is 0 Å². The van der Waals surface area contributed by atoms with Crippen LogP contribution in [0.3, 0.4) is 0 Å². The van der Waals surface area contributed by atoms with Crippen LogP contribution in [-0.2, 0) is 16.0 Å². The lowest BCUT2D eigenvalue weighted by Crippen LogP contribution is -2.08. The Kier molecular flexibility index (Phi) is 5.43. The van der Waals surface area contributed by atoms with Gasteiger partial charge in [-0.25, -0.2) is 4.79 Å². The van der Waals surface area contributed by atoms with E-state index in [2.05, 4.69) is 35.7 Å². The predicted molar refractivity (Wildman–Crippen MR) is 74.9 cm³/mol. The molecule has 98 valence electrons. The molecule has 0 aliphatic carbocycles. The average Bonchev–Trinajstić information content (AvgIpc) is 2.34. The van der Waals surface area contributed by atoms with Crippen molar-refractivity contribution in [3.63, 3.8) is 0 Å². The Morgan fingerprint density at radius 2 is 1.89 bits per heavy atom. The molecule has 0 amide bonds. The van der Waals surface area contributed by atoms with E-state index in [4.69, 9.17) is 4.74 Å². The Labute approximate surface area is 109 Å². The van der Waals surface area contributed by atoms with E-state index in [1.54, 1.807) is 6.92 Å². The number of aryl methyl sites for hydroxylation is 1. The summed E-state index contributed by atoms with van der Waals surface area (Å²) in [5, 5.41) is 0. The summed E-state index contributed by atoms with van der Waals surface area (Å²) in [6, 6.07) is 8.40. The third-order valence-corrected chi connectivity index (χ3v) is 2.64. The van der Waals surface area contributed by atoms with Crippen molar-refractivity contribution >= 4 is 11.7 Å². The average molecular weight is 247 g/mol. The summed E-state index contributed by atoms with van der Waals surface area (Å²) in [6.07, 6.45) is 1.75. The summed E-state index contributed by atoms with van der Waals surface area (Å²) in [5.74, 6) is -0.307. The molecule has 3 heteroatoms. The molecule has 1 aromatic carbocycles. The Hall–Kier alpha value is -1.77. The van der Waals surface area contributed by atoms with Gasteiger partial charge in [0.25, 0.3) is 0 Å². The summed E-state index contributed by atoms with van der Waals surface area (Å²) in [6.45, 7) is 5.64. The van der Waals surface area contributed by atoms with Gasteiger partial charge in [0.1, 0.15) is 0 Å². The van der Waals surface area contributed by atoms with Crippen molar-refractivity contribution in [1.82, 2.24) is 0 Å². The van der Waals surface area contributed by atoms with Crippen molar-refractivity contribution in [3.8, 4) is 0 Å². The lowest BCUT2D eigenvalue weighted by molar-refractivity contribution is -0.139. The second-order valence-electron chi connectivity index (χ2n) is 4.58. The summed E-state index contributed by atoms with van der Waals surface area (Å²) < 4.78 is 5.04. The Morgan fingerprint density at radius 1 is 1.28 bits per heavy atom. The quantitative estimate of drug-likeness (QED) is 0.440. The molecule has 1 aromatic rings. The topological polar surface area (TPSA) is 29.5 Å². The van der Waals surface area contributed by atoms with Crippen LogP contribution in [0.5, 0.6) is 0 Å². The van der Waals surface area contributed by atoms with Gasteiger partial charge < -0.3 is 9.64 Å². The second kappa shape index (κ2) is 6.84. The summed E-state index contributed by atoms with van der Waals surface area (Å²) in [7, 11) is 4.04. The van der Waals surface area contributed by atoms with Crippen LogP contribution in [0.15, 0.2) is 36.4 Å². The fraction of sp³-hybridized carbons (Fsp3) is 0.400. The monoisotopic (exact) mass is 247 g/mol. The van der Waals surface area contributed by atoms with Crippen LogP contribution in [-0.4, -0.2) is 26.7 Å². The normalized spacial score (nSPS) is 9.94. The maximum absolute atomic E-state index is 11.1. The summed E-state index contributed by atoms with van der Waals surface area (Å²) in [5.41, 5.74) is 2.89. The van der Waals surface area contributed by atoms with E-state index in [1.165, 1.54) is 11.3 Å². The van der Waals surface area contributed by atoms with Crippen molar-refractivity contribution in [2.45, 2.75) is 19.8 Å². The number of rotatable bonds is 6. The van der Waals surface area contributed by atoms with Gasteiger partial charge in [0.2, 0.25) is 0 Å². The number of carbonyl (C=O) groups excluding carboxylic acids is 1. The van der Waals surface area contributed by atoms with E-state index >= 15 is 0 Å². The van der Waals surface area contributed by atoms with Gasteiger partial charge in [0.15, 0.2) is 0 Å². The minimum absolute atomic E-state index is 0.307. The smallest absolute Gasteiger partial charge is 0.333 e. The van der Waals surface area contributed by atoms with Gasteiger partial charge in [-0.05, 0) is 37.5 Å². The molecule has 0 aliphatic heterocycles. The van der Waals surface area contributed by atoms with Crippen molar-refractivity contribution < 1.29 is 9.53 Å². The van der Waals surface area contributed by atoms with Gasteiger partial charge in [-0.2, -0.15) is 0 Å². The standard InChI is InChI=1S/C15H21NO2/c1-12(2)15(17)18-11-5-6-13-7-9-14(10-8-13)16(3)4/h7-10H,1,5-6,11H2,2-4H3. The molecule has 0 N–H and O–H groups in total. The minimum Gasteiger partial charge on any atom is -0.462 e. The van der Waals surface area contributed by atoms with Crippen LogP contribution < -0.4 is 4.90 Å². The second-order valence-corrected chi connectivity index (χ2v) is 4.58. The van der Waals surface area contributed by atoms with Gasteiger partial charge in [-0.3, -0.25) is 0 Å². The molecule has 0 fully saturated rings. The number of nitrogens with zero attached hydrogens (tertiary/aromatic N) is 1. The minimum atomic E-state index is -0.307. The zero-order valence-corrected chi connectivity index (χ0v) is 11.4. The van der Waals surface area contributed by atoms with Gasteiger partial charge in [0, 0.05) is 25.4 Å². The van der Waals surface area contributed by atoms with Crippen molar-refractivity contribution in [3.05, 3.63) is 42.0 Å².